The molecule has 1 saturated heterocycles. The number of amides is 2. The zero-order chi connectivity index (χ0) is 19.1. The Labute approximate surface area is 150 Å². The van der Waals surface area contributed by atoms with Gasteiger partial charge >= 0.3 is 12.1 Å². The van der Waals surface area contributed by atoms with Crippen molar-refractivity contribution in [1.29, 1.82) is 0 Å². The first-order valence-electron chi connectivity index (χ1n) is 8.27. The van der Waals surface area contributed by atoms with Crippen LogP contribution in [0.3, 0.4) is 0 Å². The minimum atomic E-state index is -1.04. The third kappa shape index (κ3) is 3.54. The van der Waals surface area contributed by atoms with Crippen molar-refractivity contribution < 1.29 is 24.2 Å². The van der Waals surface area contributed by atoms with E-state index in [2.05, 4.69) is 10.3 Å². The number of aromatic nitrogens is 1. The Bertz CT molecular complexity index is 804. The summed E-state index contributed by atoms with van der Waals surface area (Å²) in [5.41, 5.74) is 0.179. The van der Waals surface area contributed by atoms with Gasteiger partial charge in [-0.15, -0.1) is 0 Å². The lowest BCUT2D eigenvalue weighted by atomic mass is 9.72. The Morgan fingerprint density at radius 3 is 2.69 bits per heavy atom. The van der Waals surface area contributed by atoms with E-state index in [9.17, 15) is 14.4 Å². The second kappa shape index (κ2) is 6.12. The van der Waals surface area contributed by atoms with Crippen LogP contribution in [0.25, 0.3) is 6.08 Å². The van der Waals surface area contributed by atoms with E-state index in [1.165, 1.54) is 17.2 Å². The van der Waals surface area contributed by atoms with Gasteiger partial charge in [0.05, 0.1) is 5.41 Å². The smallest absolute Gasteiger partial charge is 0.410 e. The Morgan fingerprint density at radius 1 is 1.38 bits per heavy atom. The first-order chi connectivity index (χ1) is 12.1. The number of fused-ring (bicyclic) bond motifs is 1. The van der Waals surface area contributed by atoms with Gasteiger partial charge in [0, 0.05) is 25.4 Å². The summed E-state index contributed by atoms with van der Waals surface area (Å²) in [5, 5.41) is 11.5. The van der Waals surface area contributed by atoms with Crippen LogP contribution in [0.1, 0.15) is 31.9 Å². The number of hydrogen-bond donors (Lipinski definition) is 2. The largest absolute Gasteiger partial charge is 0.478 e. The number of pyridine rings is 1. The lowest BCUT2D eigenvalue weighted by Gasteiger charge is -2.50. The van der Waals surface area contributed by atoms with Gasteiger partial charge in [-0.3, -0.25) is 4.79 Å². The molecule has 0 aliphatic carbocycles. The second-order valence-corrected chi connectivity index (χ2v) is 7.70. The molecule has 1 aromatic rings. The van der Waals surface area contributed by atoms with Crippen molar-refractivity contribution >= 4 is 29.9 Å². The quantitative estimate of drug-likeness (QED) is 0.781. The molecule has 0 radical (unpaired) electrons. The van der Waals surface area contributed by atoms with Gasteiger partial charge in [0.2, 0.25) is 5.91 Å². The summed E-state index contributed by atoms with van der Waals surface area (Å²) in [7, 11) is 0. The Balaban J connectivity index is 1.74. The number of likely N-dealkylation sites (tertiary alicyclic amines) is 1. The van der Waals surface area contributed by atoms with Crippen molar-refractivity contribution in [2.45, 2.75) is 32.8 Å². The van der Waals surface area contributed by atoms with E-state index in [-0.39, 0.29) is 19.0 Å². The zero-order valence-electron chi connectivity index (χ0n) is 14.9. The van der Waals surface area contributed by atoms with Gasteiger partial charge < -0.3 is 20.1 Å². The number of carboxylic acid groups (broad SMARTS) is 1. The number of ether oxygens (including phenoxy) is 1. The predicted octanol–water partition coefficient (Wildman–Crippen LogP) is 1.91. The van der Waals surface area contributed by atoms with Gasteiger partial charge in [0.15, 0.2) is 0 Å². The standard InChI is InChI=1S/C18H21N3O5/c1-17(2,3)26-16(25)21-9-18(10-21)7-12-6-11(4-5-13(22)23)8-19-14(12)20-15(18)24/h4-6,8H,7,9-10H2,1-3H3,(H,22,23)(H,19,20,24)/b5-4+. The van der Waals surface area contributed by atoms with E-state index >= 15 is 0 Å². The van der Waals surface area contributed by atoms with E-state index in [0.717, 1.165) is 11.6 Å². The zero-order valence-corrected chi connectivity index (χ0v) is 14.9. The molecular weight excluding hydrogens is 338 g/mol. The highest BCUT2D eigenvalue weighted by Crippen LogP contribution is 2.41. The van der Waals surface area contributed by atoms with Gasteiger partial charge in [-0.1, -0.05) is 0 Å². The maximum Gasteiger partial charge on any atom is 0.410 e. The molecule has 1 spiro atoms. The van der Waals surface area contributed by atoms with E-state index in [0.29, 0.717) is 17.8 Å². The van der Waals surface area contributed by atoms with Crippen molar-refractivity contribution in [2.24, 2.45) is 5.41 Å². The first kappa shape index (κ1) is 17.9. The van der Waals surface area contributed by atoms with Crippen molar-refractivity contribution in [2.75, 3.05) is 18.4 Å². The first-order valence-corrected chi connectivity index (χ1v) is 8.27. The van der Waals surface area contributed by atoms with Crippen LogP contribution < -0.4 is 5.32 Å². The van der Waals surface area contributed by atoms with Crippen LogP contribution in [0, 0.1) is 5.41 Å². The molecule has 0 atom stereocenters. The fraction of sp³-hybridized carbons (Fsp3) is 0.444. The number of rotatable bonds is 2. The van der Waals surface area contributed by atoms with E-state index in [1.807, 2.05) is 0 Å². The van der Waals surface area contributed by atoms with E-state index in [4.69, 9.17) is 9.84 Å². The van der Waals surface area contributed by atoms with Crippen LogP contribution in [0.15, 0.2) is 18.3 Å². The normalized spacial score (nSPS) is 18.3. The molecule has 2 N–H and O–H groups in total. The molecule has 138 valence electrons. The molecule has 0 bridgehead atoms. The third-order valence-corrected chi connectivity index (χ3v) is 4.29. The van der Waals surface area contributed by atoms with Gasteiger partial charge in [0.25, 0.3) is 0 Å². The Hall–Kier alpha value is -2.90. The summed E-state index contributed by atoms with van der Waals surface area (Å²) in [6.07, 6.45) is 4.00. The SMILES string of the molecule is CC(C)(C)OC(=O)N1CC2(Cc3cc(/C=C/C(=O)O)cnc3NC2=O)C1. The van der Waals surface area contributed by atoms with Crippen LogP contribution in [0.4, 0.5) is 10.6 Å². The predicted molar refractivity (Wildman–Crippen MR) is 93.5 cm³/mol. The number of carboxylic acids is 1. The third-order valence-electron chi connectivity index (χ3n) is 4.29. The molecular formula is C18H21N3O5. The number of carbonyl (C=O) groups excluding carboxylic acids is 2. The van der Waals surface area contributed by atoms with Gasteiger partial charge in [-0.2, -0.15) is 0 Å². The molecule has 0 unspecified atom stereocenters. The van der Waals surface area contributed by atoms with E-state index < -0.39 is 23.1 Å². The molecule has 0 saturated carbocycles. The van der Waals surface area contributed by atoms with Crippen LogP contribution in [0.2, 0.25) is 0 Å². The second-order valence-electron chi connectivity index (χ2n) is 7.70. The number of anilines is 1. The van der Waals surface area contributed by atoms with Gasteiger partial charge in [0.1, 0.15) is 11.4 Å². The van der Waals surface area contributed by atoms with Crippen molar-refractivity contribution in [3.63, 3.8) is 0 Å². The molecule has 2 aliphatic heterocycles. The molecule has 2 aliphatic rings. The Kier molecular flexibility index (Phi) is 4.21. The highest BCUT2D eigenvalue weighted by molar-refractivity contribution is 5.99. The van der Waals surface area contributed by atoms with E-state index in [1.54, 1.807) is 26.8 Å². The monoisotopic (exact) mass is 359 g/mol. The maximum absolute atomic E-state index is 12.5. The summed E-state index contributed by atoms with van der Waals surface area (Å²) >= 11 is 0. The molecule has 26 heavy (non-hydrogen) atoms. The van der Waals surface area contributed by atoms with Crippen LogP contribution in [-0.2, 0) is 20.7 Å². The molecule has 8 nitrogen and oxygen atoms in total. The highest BCUT2D eigenvalue weighted by atomic mass is 16.6. The minimum absolute atomic E-state index is 0.161. The summed E-state index contributed by atoms with van der Waals surface area (Å²) in [5.74, 6) is -0.727. The highest BCUT2D eigenvalue weighted by Gasteiger charge is 2.54. The molecule has 1 fully saturated rings. The summed E-state index contributed by atoms with van der Waals surface area (Å²) in [4.78, 5) is 41.0. The summed E-state index contributed by atoms with van der Waals surface area (Å²) in [6.45, 7) is 5.94. The maximum atomic E-state index is 12.5. The lowest BCUT2D eigenvalue weighted by Crippen LogP contribution is -2.66. The Morgan fingerprint density at radius 2 is 2.08 bits per heavy atom. The number of aliphatic carboxylic acids is 1. The topological polar surface area (TPSA) is 109 Å². The average molecular weight is 359 g/mol. The van der Waals surface area contributed by atoms with Crippen LogP contribution in [-0.4, -0.2) is 51.7 Å². The minimum Gasteiger partial charge on any atom is -0.478 e. The van der Waals surface area contributed by atoms with Crippen LogP contribution in [0.5, 0.6) is 0 Å². The fourth-order valence-corrected chi connectivity index (χ4v) is 3.12. The van der Waals surface area contributed by atoms with Crippen molar-refractivity contribution in [3.8, 4) is 0 Å². The molecule has 1 aromatic heterocycles. The van der Waals surface area contributed by atoms with Gasteiger partial charge in [-0.25, -0.2) is 14.6 Å². The number of nitrogens with one attached hydrogen (secondary N) is 1. The van der Waals surface area contributed by atoms with Gasteiger partial charge in [-0.05, 0) is 50.5 Å². The molecule has 3 rings (SSSR count). The summed E-state index contributed by atoms with van der Waals surface area (Å²) < 4.78 is 5.33. The van der Waals surface area contributed by atoms with Crippen molar-refractivity contribution in [3.05, 3.63) is 29.5 Å². The fourth-order valence-electron chi connectivity index (χ4n) is 3.12. The summed E-state index contributed by atoms with van der Waals surface area (Å²) in [6, 6.07) is 1.80. The number of carbonyl (C=O) groups is 3. The number of nitrogens with zero attached hydrogens (tertiary/aromatic N) is 2. The number of hydrogen-bond acceptors (Lipinski definition) is 5. The average Bonchev–Trinajstić information content (AvgIpc) is 2.48. The van der Waals surface area contributed by atoms with Crippen LogP contribution >= 0.6 is 0 Å². The van der Waals surface area contributed by atoms with Crippen molar-refractivity contribution in [1.82, 2.24) is 9.88 Å². The molecule has 8 heteroatoms. The molecule has 3 heterocycles. The molecule has 2 amide bonds. The molecule has 0 aromatic carbocycles. The lowest BCUT2D eigenvalue weighted by molar-refractivity contribution is -0.136.